The van der Waals surface area contributed by atoms with Crippen molar-refractivity contribution in [2.24, 2.45) is 0 Å². The largest absolute Gasteiger partial charge is 0.484 e. The third kappa shape index (κ3) is 5.73. The summed E-state index contributed by atoms with van der Waals surface area (Å²) in [6.45, 7) is 1.35. The van der Waals surface area contributed by atoms with E-state index in [1.807, 2.05) is 0 Å². The summed E-state index contributed by atoms with van der Waals surface area (Å²) in [5, 5.41) is 5.94. The molecular weight excluding hydrogens is 321 g/mol. The van der Waals surface area contributed by atoms with Gasteiger partial charge in [-0.1, -0.05) is 6.07 Å². The molecule has 1 aromatic carbocycles. The average molecular weight is 339 g/mol. The van der Waals surface area contributed by atoms with Crippen LogP contribution in [0.2, 0.25) is 0 Å². The van der Waals surface area contributed by atoms with E-state index < -0.39 is 11.7 Å². The van der Waals surface area contributed by atoms with Crippen molar-refractivity contribution in [2.45, 2.75) is 25.1 Å². The molecule has 8 heteroatoms. The van der Waals surface area contributed by atoms with Crippen LogP contribution in [0.25, 0.3) is 0 Å². The Morgan fingerprint density at radius 3 is 2.82 bits per heavy atom. The molecule has 0 saturated carbocycles. The lowest BCUT2D eigenvalue weighted by Gasteiger charge is -2.23. The van der Waals surface area contributed by atoms with Crippen molar-refractivity contribution in [3.05, 3.63) is 29.8 Å². The smallest absolute Gasteiger partial charge is 0.416 e. The molecule has 1 atom stereocenters. The van der Waals surface area contributed by atoms with E-state index in [1.54, 1.807) is 0 Å². The summed E-state index contributed by atoms with van der Waals surface area (Å²) in [6.07, 6.45) is -2.54. The first-order chi connectivity index (χ1) is 9.95. The first kappa shape index (κ1) is 18.6. The molecule has 1 saturated heterocycles. The van der Waals surface area contributed by atoms with Crippen molar-refractivity contribution < 1.29 is 22.7 Å². The van der Waals surface area contributed by atoms with Crippen LogP contribution in [0.1, 0.15) is 18.4 Å². The minimum Gasteiger partial charge on any atom is -0.484 e. The average Bonchev–Trinajstić information content (AvgIpc) is 2.46. The van der Waals surface area contributed by atoms with E-state index in [9.17, 15) is 18.0 Å². The van der Waals surface area contributed by atoms with Crippen LogP contribution in [-0.2, 0) is 11.0 Å². The van der Waals surface area contributed by atoms with E-state index >= 15 is 0 Å². The standard InChI is InChI=1S/C14H17F3N2O2.ClH/c15-14(16,17)10-3-1-5-12(7-10)21-9-13(20)19-11-4-2-6-18-8-11;/h1,3,5,7,11,18H,2,4,6,8-9H2,(H,19,20);1H. The Hall–Kier alpha value is -1.47. The molecule has 0 aliphatic carbocycles. The minimum absolute atomic E-state index is 0. The zero-order valence-corrected chi connectivity index (χ0v) is 12.6. The Kier molecular flexibility index (Phi) is 6.96. The quantitative estimate of drug-likeness (QED) is 0.886. The number of rotatable bonds is 4. The number of halogens is 4. The van der Waals surface area contributed by atoms with Crippen LogP contribution < -0.4 is 15.4 Å². The van der Waals surface area contributed by atoms with Crippen LogP contribution in [0.15, 0.2) is 24.3 Å². The molecule has 1 aliphatic heterocycles. The van der Waals surface area contributed by atoms with Gasteiger partial charge in [0.25, 0.3) is 5.91 Å². The molecule has 1 amide bonds. The SMILES string of the molecule is Cl.O=C(COc1cccc(C(F)(F)F)c1)NC1CCCNC1. The van der Waals surface area contributed by atoms with Gasteiger partial charge in [-0.25, -0.2) is 0 Å². The fraction of sp³-hybridized carbons (Fsp3) is 0.500. The van der Waals surface area contributed by atoms with E-state index in [1.165, 1.54) is 12.1 Å². The number of amides is 1. The van der Waals surface area contributed by atoms with E-state index in [0.717, 1.165) is 31.5 Å². The van der Waals surface area contributed by atoms with Crippen molar-refractivity contribution in [1.29, 1.82) is 0 Å². The fourth-order valence-corrected chi connectivity index (χ4v) is 2.16. The van der Waals surface area contributed by atoms with E-state index in [-0.39, 0.29) is 36.7 Å². The Labute approximate surface area is 132 Å². The molecular formula is C14H18ClF3N2O2. The van der Waals surface area contributed by atoms with Crippen LogP contribution in [0.4, 0.5) is 13.2 Å². The van der Waals surface area contributed by atoms with Gasteiger partial charge in [-0.2, -0.15) is 13.2 Å². The number of hydrogen-bond donors (Lipinski definition) is 2. The molecule has 1 unspecified atom stereocenters. The van der Waals surface area contributed by atoms with Crippen LogP contribution in [0.5, 0.6) is 5.75 Å². The van der Waals surface area contributed by atoms with Gasteiger partial charge in [0, 0.05) is 12.6 Å². The highest BCUT2D eigenvalue weighted by Crippen LogP contribution is 2.31. The van der Waals surface area contributed by atoms with Crippen molar-refractivity contribution in [1.82, 2.24) is 10.6 Å². The summed E-state index contributed by atoms with van der Waals surface area (Å²) >= 11 is 0. The molecule has 2 N–H and O–H groups in total. The highest BCUT2D eigenvalue weighted by molar-refractivity contribution is 5.85. The number of benzene rings is 1. The molecule has 4 nitrogen and oxygen atoms in total. The third-order valence-corrected chi connectivity index (χ3v) is 3.19. The van der Waals surface area contributed by atoms with Gasteiger partial charge in [0.15, 0.2) is 6.61 Å². The maximum absolute atomic E-state index is 12.5. The molecule has 2 rings (SSSR count). The zero-order valence-electron chi connectivity index (χ0n) is 11.8. The van der Waals surface area contributed by atoms with Gasteiger partial charge < -0.3 is 15.4 Å². The molecule has 0 spiro atoms. The predicted molar refractivity (Wildman–Crippen MR) is 78.2 cm³/mol. The summed E-state index contributed by atoms with van der Waals surface area (Å²) < 4.78 is 42.7. The Bertz CT molecular complexity index is 491. The number of carbonyl (C=O) groups excluding carboxylic acids is 1. The van der Waals surface area contributed by atoms with Crippen LogP contribution in [0.3, 0.4) is 0 Å². The maximum Gasteiger partial charge on any atom is 0.416 e. The molecule has 0 aromatic heterocycles. The van der Waals surface area contributed by atoms with Gasteiger partial charge in [-0.05, 0) is 37.6 Å². The Balaban J connectivity index is 0.00000242. The molecule has 124 valence electrons. The third-order valence-electron chi connectivity index (χ3n) is 3.19. The van der Waals surface area contributed by atoms with Gasteiger partial charge in [0.2, 0.25) is 0 Å². The summed E-state index contributed by atoms with van der Waals surface area (Å²) in [7, 11) is 0. The number of nitrogens with one attached hydrogen (secondary N) is 2. The van der Waals surface area contributed by atoms with Crippen molar-refractivity contribution >= 4 is 18.3 Å². The Morgan fingerprint density at radius 2 is 2.18 bits per heavy atom. The molecule has 22 heavy (non-hydrogen) atoms. The molecule has 0 bridgehead atoms. The predicted octanol–water partition coefficient (Wildman–Crippen LogP) is 2.37. The number of alkyl halides is 3. The number of piperidine rings is 1. The molecule has 1 aromatic rings. The summed E-state index contributed by atoms with van der Waals surface area (Å²) in [4.78, 5) is 11.7. The molecule has 1 aliphatic rings. The normalized spacial score (nSPS) is 18.2. The van der Waals surface area contributed by atoms with Crippen LogP contribution in [-0.4, -0.2) is 31.6 Å². The van der Waals surface area contributed by atoms with Gasteiger partial charge in [-0.3, -0.25) is 4.79 Å². The van der Waals surface area contributed by atoms with Crippen LogP contribution >= 0.6 is 12.4 Å². The summed E-state index contributed by atoms with van der Waals surface area (Å²) in [5.74, 6) is -0.303. The van der Waals surface area contributed by atoms with E-state index in [2.05, 4.69) is 10.6 Å². The lowest BCUT2D eigenvalue weighted by molar-refractivity contribution is -0.137. The highest BCUT2D eigenvalue weighted by atomic mass is 35.5. The lowest BCUT2D eigenvalue weighted by atomic mass is 10.1. The van der Waals surface area contributed by atoms with Gasteiger partial charge in [-0.15, -0.1) is 12.4 Å². The topological polar surface area (TPSA) is 50.4 Å². The number of ether oxygens (including phenoxy) is 1. The van der Waals surface area contributed by atoms with E-state index in [4.69, 9.17) is 4.74 Å². The second-order valence-electron chi connectivity index (χ2n) is 4.93. The molecule has 1 heterocycles. The second kappa shape index (κ2) is 8.24. The number of hydrogen-bond acceptors (Lipinski definition) is 3. The van der Waals surface area contributed by atoms with Crippen LogP contribution in [0, 0.1) is 0 Å². The summed E-state index contributed by atoms with van der Waals surface area (Å²) in [6, 6.07) is 4.54. The molecule has 1 fully saturated rings. The van der Waals surface area contributed by atoms with Gasteiger partial charge in [0.05, 0.1) is 5.56 Å². The maximum atomic E-state index is 12.5. The Morgan fingerprint density at radius 1 is 1.41 bits per heavy atom. The zero-order chi connectivity index (χ0) is 15.3. The summed E-state index contributed by atoms with van der Waals surface area (Å²) in [5.41, 5.74) is -0.795. The highest BCUT2D eigenvalue weighted by Gasteiger charge is 2.30. The second-order valence-corrected chi connectivity index (χ2v) is 4.93. The minimum atomic E-state index is -4.42. The van der Waals surface area contributed by atoms with E-state index in [0.29, 0.717) is 6.54 Å². The first-order valence-electron chi connectivity index (χ1n) is 6.75. The first-order valence-corrected chi connectivity index (χ1v) is 6.75. The van der Waals surface area contributed by atoms with Crippen molar-refractivity contribution in [2.75, 3.05) is 19.7 Å². The lowest BCUT2D eigenvalue weighted by Crippen LogP contribution is -2.46. The van der Waals surface area contributed by atoms with Gasteiger partial charge in [0.1, 0.15) is 5.75 Å². The number of carbonyl (C=O) groups is 1. The van der Waals surface area contributed by atoms with Gasteiger partial charge >= 0.3 is 6.18 Å². The molecule has 0 radical (unpaired) electrons. The fourth-order valence-electron chi connectivity index (χ4n) is 2.16. The van der Waals surface area contributed by atoms with Crippen molar-refractivity contribution in [3.8, 4) is 5.75 Å². The van der Waals surface area contributed by atoms with Crippen molar-refractivity contribution in [3.63, 3.8) is 0 Å². The monoisotopic (exact) mass is 338 g/mol.